The molecule has 0 aromatic heterocycles. The summed E-state index contributed by atoms with van der Waals surface area (Å²) >= 11 is 0. The minimum Gasteiger partial charge on any atom is -0.450 e. The van der Waals surface area contributed by atoms with E-state index in [1.54, 1.807) is 11.1 Å². The number of allylic oxidation sites excluding steroid dienone is 2. The normalized spacial score (nSPS) is 15.3. The number of amides is 1. The first kappa shape index (κ1) is 24.3. The molecule has 1 saturated heterocycles. The second-order valence-electron chi connectivity index (χ2n) is 8.79. The van der Waals surface area contributed by atoms with Crippen LogP contribution in [0, 0.1) is 5.92 Å². The van der Waals surface area contributed by atoms with Crippen molar-refractivity contribution in [2.24, 2.45) is 16.8 Å². The topological polar surface area (TPSA) is 77.1 Å². The van der Waals surface area contributed by atoms with Crippen LogP contribution in [-0.2, 0) is 22.6 Å². The van der Waals surface area contributed by atoms with Crippen molar-refractivity contribution < 1.29 is 14.4 Å². The number of piperidine rings is 1. The van der Waals surface area contributed by atoms with Gasteiger partial charge in [0.25, 0.3) is 0 Å². The Kier molecular flexibility index (Phi) is 8.39. The molecule has 4 rings (SSSR count). The Morgan fingerprint density at radius 2 is 1.71 bits per heavy atom. The standard InChI is InChI=1S/C29H33N3O3/c1-2-34-29(33)32-16-14-25(15-17-32)27(20-31-35-21-22-8-4-3-5-9-22)28(30)19-23-12-13-24-10-6-7-11-26(24)18-23/h3-13,18,20,25H,2,14-17,19,21,30H2,1H3/b28-27+,31-20+. The number of carbonyl (C=O) groups is 1. The van der Waals surface area contributed by atoms with Crippen LogP contribution in [0.1, 0.15) is 30.9 Å². The van der Waals surface area contributed by atoms with Gasteiger partial charge < -0.3 is 20.2 Å². The van der Waals surface area contributed by atoms with Gasteiger partial charge in [-0.1, -0.05) is 78.0 Å². The highest BCUT2D eigenvalue weighted by atomic mass is 16.6. The number of rotatable bonds is 8. The van der Waals surface area contributed by atoms with E-state index in [1.807, 2.05) is 49.4 Å². The van der Waals surface area contributed by atoms with Crippen molar-refractivity contribution in [3.8, 4) is 0 Å². The average Bonchev–Trinajstić information content (AvgIpc) is 2.89. The van der Waals surface area contributed by atoms with Gasteiger partial charge in [-0.25, -0.2) is 4.79 Å². The lowest BCUT2D eigenvalue weighted by atomic mass is 9.87. The molecule has 0 radical (unpaired) electrons. The van der Waals surface area contributed by atoms with Gasteiger partial charge >= 0.3 is 6.09 Å². The molecule has 6 heteroatoms. The van der Waals surface area contributed by atoms with E-state index in [0.717, 1.165) is 35.2 Å². The van der Waals surface area contributed by atoms with Crippen molar-refractivity contribution in [1.29, 1.82) is 0 Å². The van der Waals surface area contributed by atoms with Crippen LogP contribution in [0.15, 0.2) is 89.2 Å². The van der Waals surface area contributed by atoms with Crippen LogP contribution >= 0.6 is 0 Å². The molecule has 182 valence electrons. The second kappa shape index (κ2) is 12.1. The molecule has 3 aromatic rings. The Bertz CT molecular complexity index is 1180. The van der Waals surface area contributed by atoms with Gasteiger partial charge in [-0.05, 0) is 53.2 Å². The molecule has 0 atom stereocenters. The van der Waals surface area contributed by atoms with Crippen LogP contribution in [0.25, 0.3) is 10.8 Å². The lowest BCUT2D eigenvalue weighted by Gasteiger charge is -2.32. The number of fused-ring (bicyclic) bond motifs is 1. The Morgan fingerprint density at radius 1 is 1.00 bits per heavy atom. The van der Waals surface area contributed by atoms with Crippen LogP contribution in [0.4, 0.5) is 4.79 Å². The largest absolute Gasteiger partial charge is 0.450 e. The van der Waals surface area contributed by atoms with Crippen LogP contribution in [0.2, 0.25) is 0 Å². The van der Waals surface area contributed by atoms with Crippen molar-refractivity contribution in [2.75, 3.05) is 19.7 Å². The van der Waals surface area contributed by atoms with E-state index >= 15 is 0 Å². The summed E-state index contributed by atoms with van der Waals surface area (Å²) in [5.41, 5.74) is 10.7. The summed E-state index contributed by atoms with van der Waals surface area (Å²) in [6, 6.07) is 24.7. The summed E-state index contributed by atoms with van der Waals surface area (Å²) in [5.74, 6) is 0.199. The molecule has 1 aliphatic rings. The van der Waals surface area contributed by atoms with E-state index in [1.165, 1.54) is 10.8 Å². The molecule has 0 bridgehead atoms. The zero-order chi connectivity index (χ0) is 24.5. The molecule has 0 saturated carbocycles. The average molecular weight is 472 g/mol. The van der Waals surface area contributed by atoms with Gasteiger partial charge in [0.2, 0.25) is 0 Å². The van der Waals surface area contributed by atoms with E-state index in [2.05, 4.69) is 35.5 Å². The van der Waals surface area contributed by atoms with Gasteiger partial charge in [0.15, 0.2) is 0 Å². The van der Waals surface area contributed by atoms with Crippen molar-refractivity contribution in [3.63, 3.8) is 0 Å². The van der Waals surface area contributed by atoms with E-state index in [4.69, 9.17) is 15.3 Å². The molecule has 1 amide bonds. The first-order chi connectivity index (χ1) is 17.1. The summed E-state index contributed by atoms with van der Waals surface area (Å²) in [6.45, 7) is 3.87. The van der Waals surface area contributed by atoms with Crippen LogP contribution in [0.3, 0.4) is 0 Å². The lowest BCUT2D eigenvalue weighted by molar-refractivity contribution is 0.0947. The Hall–Kier alpha value is -3.80. The molecular weight excluding hydrogens is 438 g/mol. The molecule has 6 nitrogen and oxygen atoms in total. The van der Waals surface area contributed by atoms with Crippen molar-refractivity contribution in [2.45, 2.75) is 32.8 Å². The Labute approximate surface area is 207 Å². The second-order valence-corrected chi connectivity index (χ2v) is 8.79. The van der Waals surface area contributed by atoms with E-state index in [0.29, 0.717) is 32.7 Å². The molecular formula is C29H33N3O3. The van der Waals surface area contributed by atoms with Crippen LogP contribution in [0.5, 0.6) is 0 Å². The molecule has 1 heterocycles. The number of nitrogens with zero attached hydrogens (tertiary/aromatic N) is 2. The van der Waals surface area contributed by atoms with Crippen molar-refractivity contribution in [1.82, 2.24) is 4.90 Å². The van der Waals surface area contributed by atoms with Gasteiger partial charge in [-0.15, -0.1) is 0 Å². The first-order valence-corrected chi connectivity index (χ1v) is 12.2. The van der Waals surface area contributed by atoms with Gasteiger partial charge in [0.05, 0.1) is 12.8 Å². The Morgan fingerprint density at radius 3 is 2.46 bits per heavy atom. The first-order valence-electron chi connectivity index (χ1n) is 12.2. The highest BCUT2D eigenvalue weighted by Crippen LogP contribution is 2.27. The predicted molar refractivity (Wildman–Crippen MR) is 140 cm³/mol. The van der Waals surface area contributed by atoms with Gasteiger partial charge in [-0.2, -0.15) is 0 Å². The summed E-state index contributed by atoms with van der Waals surface area (Å²) in [4.78, 5) is 19.5. The van der Waals surface area contributed by atoms with Crippen molar-refractivity contribution in [3.05, 3.63) is 95.2 Å². The highest BCUT2D eigenvalue weighted by molar-refractivity contribution is 5.83. The third-order valence-electron chi connectivity index (χ3n) is 6.38. The fourth-order valence-corrected chi connectivity index (χ4v) is 4.49. The minimum absolute atomic E-state index is 0.199. The maximum Gasteiger partial charge on any atom is 0.409 e. The monoisotopic (exact) mass is 471 g/mol. The summed E-state index contributed by atoms with van der Waals surface area (Å²) in [6.07, 6.45) is 3.75. The minimum atomic E-state index is -0.250. The third-order valence-corrected chi connectivity index (χ3v) is 6.38. The smallest absolute Gasteiger partial charge is 0.409 e. The molecule has 1 aliphatic heterocycles. The fourth-order valence-electron chi connectivity index (χ4n) is 4.49. The lowest BCUT2D eigenvalue weighted by Crippen LogP contribution is -2.39. The number of likely N-dealkylation sites (tertiary alicyclic amines) is 1. The molecule has 1 fully saturated rings. The van der Waals surface area contributed by atoms with E-state index in [9.17, 15) is 4.79 Å². The summed E-state index contributed by atoms with van der Waals surface area (Å²) in [7, 11) is 0. The molecule has 0 aliphatic carbocycles. The quantitative estimate of drug-likeness (QED) is 0.339. The number of benzene rings is 3. The third kappa shape index (κ3) is 6.63. The zero-order valence-electron chi connectivity index (χ0n) is 20.2. The number of oxime groups is 1. The summed E-state index contributed by atoms with van der Waals surface area (Å²) in [5, 5.41) is 6.68. The van der Waals surface area contributed by atoms with Crippen molar-refractivity contribution >= 4 is 23.1 Å². The molecule has 0 unspecified atom stereocenters. The number of nitrogens with two attached hydrogens (primary N) is 1. The zero-order valence-corrected chi connectivity index (χ0v) is 20.2. The van der Waals surface area contributed by atoms with Gasteiger partial charge in [0, 0.05) is 25.2 Å². The predicted octanol–water partition coefficient (Wildman–Crippen LogP) is 5.67. The Balaban J connectivity index is 1.50. The maximum absolute atomic E-state index is 12.1. The number of ether oxygens (including phenoxy) is 1. The van der Waals surface area contributed by atoms with Crippen LogP contribution < -0.4 is 5.73 Å². The van der Waals surface area contributed by atoms with Gasteiger partial charge in [-0.3, -0.25) is 0 Å². The van der Waals surface area contributed by atoms with E-state index in [-0.39, 0.29) is 12.0 Å². The molecule has 2 N–H and O–H groups in total. The summed E-state index contributed by atoms with van der Waals surface area (Å²) < 4.78 is 5.16. The molecule has 3 aromatic carbocycles. The number of carbonyl (C=O) groups excluding carboxylic acids is 1. The number of hydrogen-bond donors (Lipinski definition) is 1. The number of hydrogen-bond acceptors (Lipinski definition) is 5. The van der Waals surface area contributed by atoms with Gasteiger partial charge in [0.1, 0.15) is 6.61 Å². The molecule has 35 heavy (non-hydrogen) atoms. The van der Waals surface area contributed by atoms with Crippen LogP contribution in [-0.4, -0.2) is 36.9 Å². The SMILES string of the molecule is CCOC(=O)N1CCC(C(/C=N/OCc2ccccc2)=C(/N)Cc2ccc3ccccc3c2)CC1. The van der Waals surface area contributed by atoms with E-state index < -0.39 is 0 Å². The maximum atomic E-state index is 12.1. The highest BCUT2D eigenvalue weighted by Gasteiger charge is 2.26. The fraction of sp³-hybridized carbons (Fsp3) is 0.310. The molecule has 0 spiro atoms.